The molecule has 0 amide bonds. The quantitative estimate of drug-likeness (QED) is 0.341. The summed E-state index contributed by atoms with van der Waals surface area (Å²) >= 11 is 0.117. The molecule has 2 heterocycles. The van der Waals surface area contributed by atoms with Gasteiger partial charge in [0.05, 0.1) is 0 Å². The van der Waals surface area contributed by atoms with Crippen LogP contribution in [0.4, 0.5) is 4.39 Å². The van der Waals surface area contributed by atoms with E-state index in [1.54, 1.807) is 6.07 Å². The summed E-state index contributed by atoms with van der Waals surface area (Å²) in [4.78, 5) is 6.27. The van der Waals surface area contributed by atoms with Crippen LogP contribution in [0.2, 0.25) is 0 Å². The topological polar surface area (TPSA) is 16.1 Å². The van der Waals surface area contributed by atoms with Gasteiger partial charge in [0.2, 0.25) is 0 Å². The Labute approximate surface area is 81.4 Å². The normalized spacial score (nSPS) is 16.8. The van der Waals surface area contributed by atoms with Gasteiger partial charge in [0, 0.05) is 0 Å². The summed E-state index contributed by atoms with van der Waals surface area (Å²) in [7, 11) is 0. The zero-order valence-corrected chi connectivity index (χ0v) is 8.88. The van der Waals surface area contributed by atoms with Crippen molar-refractivity contribution in [2.24, 2.45) is 0 Å². The molecule has 2 rings (SSSR count). The van der Waals surface area contributed by atoms with Gasteiger partial charge >= 0.3 is 81.3 Å². The number of nitrogens with zero attached hydrogens (tertiary/aromatic N) is 2. The minimum atomic E-state index is -0.218. The zero-order chi connectivity index (χ0) is 8.55. The minimum absolute atomic E-state index is 0.117. The van der Waals surface area contributed by atoms with Gasteiger partial charge in [0.25, 0.3) is 0 Å². The SMILES string of the molecule is C[I-]N1Cc2cc(F)cnc2C1. The molecule has 0 bridgehead atoms. The van der Waals surface area contributed by atoms with Crippen molar-refractivity contribution in [3.63, 3.8) is 0 Å². The van der Waals surface area contributed by atoms with E-state index in [1.807, 2.05) is 0 Å². The molecule has 0 spiro atoms. The number of fused-ring (bicyclic) bond motifs is 1. The first kappa shape index (κ1) is 8.37. The second-order valence-corrected chi connectivity index (χ2v) is 5.04. The molecule has 0 atom stereocenters. The Kier molecular flexibility index (Phi) is 2.27. The van der Waals surface area contributed by atoms with Crippen molar-refractivity contribution < 1.29 is 25.9 Å². The van der Waals surface area contributed by atoms with Crippen molar-refractivity contribution in [1.82, 2.24) is 8.10 Å². The van der Waals surface area contributed by atoms with Gasteiger partial charge in [-0.2, -0.15) is 0 Å². The van der Waals surface area contributed by atoms with E-state index in [2.05, 4.69) is 13.0 Å². The molecule has 2 nitrogen and oxygen atoms in total. The average Bonchev–Trinajstić information content (AvgIpc) is 2.46. The van der Waals surface area contributed by atoms with Crippen molar-refractivity contribution in [1.29, 1.82) is 0 Å². The van der Waals surface area contributed by atoms with E-state index in [9.17, 15) is 4.39 Å². The molecule has 0 N–H and O–H groups in total. The molecule has 0 radical (unpaired) electrons. The maximum absolute atomic E-state index is 12.7. The molecule has 1 aromatic rings. The van der Waals surface area contributed by atoms with E-state index in [-0.39, 0.29) is 27.3 Å². The summed E-state index contributed by atoms with van der Waals surface area (Å²) in [6, 6.07) is 1.60. The standard InChI is InChI=1S/C8H9FIN2/c1-10-12-4-6-2-7(9)3-11-8(6)5-12/h2-3H,4-5H2,1H3/q-1. The van der Waals surface area contributed by atoms with E-state index >= 15 is 0 Å². The Hall–Kier alpha value is -0.230. The third-order valence-electron chi connectivity index (χ3n) is 1.93. The van der Waals surface area contributed by atoms with Crippen molar-refractivity contribution in [2.75, 3.05) is 4.93 Å². The Morgan fingerprint density at radius 1 is 1.58 bits per heavy atom. The number of alkyl halides is 1. The van der Waals surface area contributed by atoms with Crippen LogP contribution < -0.4 is 21.5 Å². The zero-order valence-electron chi connectivity index (χ0n) is 6.72. The predicted octanol–water partition coefficient (Wildman–Crippen LogP) is -1.83. The van der Waals surface area contributed by atoms with Crippen LogP contribution in [0.1, 0.15) is 11.3 Å². The van der Waals surface area contributed by atoms with Crippen LogP contribution >= 0.6 is 0 Å². The van der Waals surface area contributed by atoms with Crippen LogP contribution in [0.15, 0.2) is 12.3 Å². The van der Waals surface area contributed by atoms with Gasteiger partial charge in [-0.3, -0.25) is 0 Å². The molecule has 1 aliphatic heterocycles. The van der Waals surface area contributed by atoms with Crippen molar-refractivity contribution in [3.8, 4) is 0 Å². The molecule has 4 heteroatoms. The van der Waals surface area contributed by atoms with E-state index in [4.69, 9.17) is 0 Å². The van der Waals surface area contributed by atoms with Gasteiger partial charge in [0.1, 0.15) is 0 Å². The van der Waals surface area contributed by atoms with Gasteiger partial charge in [-0.15, -0.1) is 0 Å². The summed E-state index contributed by atoms with van der Waals surface area (Å²) in [6.07, 6.45) is 1.30. The van der Waals surface area contributed by atoms with E-state index in [1.165, 1.54) is 6.20 Å². The van der Waals surface area contributed by atoms with E-state index in [0.717, 1.165) is 24.3 Å². The van der Waals surface area contributed by atoms with Crippen LogP contribution in [0, 0.1) is 5.82 Å². The first-order chi connectivity index (χ1) is 5.79. The number of rotatable bonds is 1. The summed E-state index contributed by atoms with van der Waals surface area (Å²) in [5, 5.41) is 0. The third-order valence-corrected chi connectivity index (χ3v) is 3.98. The van der Waals surface area contributed by atoms with Crippen LogP contribution in [0.3, 0.4) is 0 Å². The van der Waals surface area contributed by atoms with Gasteiger partial charge in [0.15, 0.2) is 0 Å². The monoisotopic (exact) mass is 279 g/mol. The predicted molar refractivity (Wildman–Crippen MR) is 39.4 cm³/mol. The van der Waals surface area contributed by atoms with Gasteiger partial charge in [-0.25, -0.2) is 0 Å². The second-order valence-electron chi connectivity index (χ2n) is 2.71. The fourth-order valence-electron chi connectivity index (χ4n) is 1.31. The Morgan fingerprint density at radius 3 is 3.17 bits per heavy atom. The van der Waals surface area contributed by atoms with Crippen LogP contribution in [-0.2, 0) is 13.1 Å². The molecule has 1 aliphatic rings. The molecule has 0 aliphatic carbocycles. The molecule has 0 saturated heterocycles. The number of hydrogen-bond donors (Lipinski definition) is 0. The molecule has 1 aromatic heterocycles. The molecular weight excluding hydrogens is 270 g/mol. The summed E-state index contributed by atoms with van der Waals surface area (Å²) < 4.78 is 15.1. The van der Waals surface area contributed by atoms with Crippen molar-refractivity contribution >= 4 is 0 Å². The Morgan fingerprint density at radius 2 is 2.42 bits per heavy atom. The van der Waals surface area contributed by atoms with E-state index in [0.29, 0.717) is 0 Å². The molecule has 12 heavy (non-hydrogen) atoms. The number of aromatic nitrogens is 1. The number of hydrogen-bond acceptors (Lipinski definition) is 2. The van der Waals surface area contributed by atoms with Crippen LogP contribution in [0.5, 0.6) is 0 Å². The number of pyridine rings is 1. The van der Waals surface area contributed by atoms with E-state index < -0.39 is 0 Å². The number of halogens is 2. The van der Waals surface area contributed by atoms with Gasteiger partial charge < -0.3 is 0 Å². The molecule has 66 valence electrons. The molecule has 0 unspecified atom stereocenters. The van der Waals surface area contributed by atoms with Gasteiger partial charge in [-0.05, 0) is 0 Å². The molecule has 0 saturated carbocycles. The van der Waals surface area contributed by atoms with Crippen molar-refractivity contribution in [3.05, 3.63) is 29.3 Å². The molecular formula is C8H9FIN2-. The Balaban J connectivity index is 2.30. The second kappa shape index (κ2) is 3.26. The van der Waals surface area contributed by atoms with Crippen molar-refractivity contribution in [2.45, 2.75) is 13.1 Å². The van der Waals surface area contributed by atoms with Gasteiger partial charge in [-0.1, -0.05) is 0 Å². The fourth-order valence-corrected chi connectivity index (χ4v) is 2.68. The maximum atomic E-state index is 12.7. The average molecular weight is 279 g/mol. The Bertz CT molecular complexity index is 303. The summed E-state index contributed by atoms with van der Waals surface area (Å²) in [5.74, 6) is -0.218. The first-order valence-electron chi connectivity index (χ1n) is 3.67. The van der Waals surface area contributed by atoms with Crippen LogP contribution in [0.25, 0.3) is 0 Å². The van der Waals surface area contributed by atoms with Crippen LogP contribution in [-0.4, -0.2) is 13.0 Å². The molecule has 0 fully saturated rings. The fraction of sp³-hybridized carbons (Fsp3) is 0.375. The third kappa shape index (κ3) is 1.45. The summed E-state index contributed by atoms with van der Waals surface area (Å²) in [6.45, 7) is 1.81. The first-order valence-corrected chi connectivity index (χ1v) is 6.80. The molecule has 0 aromatic carbocycles. The summed E-state index contributed by atoms with van der Waals surface area (Å²) in [5.41, 5.74) is 2.12.